The van der Waals surface area contributed by atoms with E-state index in [2.05, 4.69) is 34.5 Å². The molecule has 1 aromatic carbocycles. The molecule has 1 N–H and O–H groups in total. The lowest BCUT2D eigenvalue weighted by molar-refractivity contribution is -0.132. The van der Waals surface area contributed by atoms with Crippen molar-refractivity contribution < 1.29 is 4.79 Å². The number of hydrogen-bond donors (Lipinski definition) is 1. The number of carbonyl (C=O) groups excluding carboxylic acids is 1. The number of nitrogens with zero attached hydrogens (tertiary/aromatic N) is 2. The highest BCUT2D eigenvalue weighted by Gasteiger charge is 2.17. The van der Waals surface area contributed by atoms with Crippen LogP contribution >= 0.6 is 0 Å². The first-order valence-electron chi connectivity index (χ1n) is 7.28. The number of hydrogen-bond acceptors (Lipinski definition) is 3. The monoisotopic (exact) mass is 277 g/mol. The highest BCUT2D eigenvalue weighted by Crippen LogP contribution is 2.12. The minimum atomic E-state index is -0.150. The SMILES string of the molecule is CCN(CC)C(=O)C(C)NCc1ccc(N(C)C)cc1. The molecule has 1 aromatic rings. The van der Waals surface area contributed by atoms with Gasteiger partial charge in [-0.1, -0.05) is 12.1 Å². The topological polar surface area (TPSA) is 35.6 Å². The molecule has 112 valence electrons. The van der Waals surface area contributed by atoms with Crippen LogP contribution in [0, 0.1) is 0 Å². The average molecular weight is 277 g/mol. The van der Waals surface area contributed by atoms with Gasteiger partial charge in [-0.15, -0.1) is 0 Å². The third kappa shape index (κ3) is 4.53. The molecule has 4 heteroatoms. The summed E-state index contributed by atoms with van der Waals surface area (Å²) in [5.41, 5.74) is 2.37. The molecule has 1 rings (SSSR count). The van der Waals surface area contributed by atoms with E-state index in [9.17, 15) is 4.79 Å². The van der Waals surface area contributed by atoms with Gasteiger partial charge in [0.25, 0.3) is 0 Å². The Morgan fingerprint density at radius 2 is 1.70 bits per heavy atom. The molecule has 1 unspecified atom stereocenters. The summed E-state index contributed by atoms with van der Waals surface area (Å²) < 4.78 is 0. The third-order valence-electron chi connectivity index (χ3n) is 3.51. The molecular formula is C16H27N3O. The van der Waals surface area contributed by atoms with Gasteiger partial charge in [0.1, 0.15) is 0 Å². The van der Waals surface area contributed by atoms with Crippen LogP contribution in [0.2, 0.25) is 0 Å². The molecule has 0 fully saturated rings. The Kier molecular flexibility index (Phi) is 6.52. The molecule has 0 aliphatic rings. The van der Waals surface area contributed by atoms with E-state index in [1.165, 1.54) is 11.3 Å². The van der Waals surface area contributed by atoms with Crippen molar-refractivity contribution in [3.8, 4) is 0 Å². The summed E-state index contributed by atoms with van der Waals surface area (Å²) in [5.74, 6) is 0.167. The van der Waals surface area contributed by atoms with Crippen LogP contribution in [0.5, 0.6) is 0 Å². The molecule has 0 bridgehead atoms. The molecule has 0 heterocycles. The lowest BCUT2D eigenvalue weighted by Crippen LogP contribution is -2.44. The zero-order valence-electron chi connectivity index (χ0n) is 13.3. The van der Waals surface area contributed by atoms with Crippen LogP contribution in [0.15, 0.2) is 24.3 Å². The van der Waals surface area contributed by atoms with Gasteiger partial charge in [0.2, 0.25) is 5.91 Å². The fourth-order valence-electron chi connectivity index (χ4n) is 2.08. The van der Waals surface area contributed by atoms with E-state index >= 15 is 0 Å². The second-order valence-electron chi connectivity index (χ2n) is 5.17. The number of rotatable bonds is 7. The molecule has 0 aliphatic carbocycles. The quantitative estimate of drug-likeness (QED) is 0.829. The molecule has 0 aromatic heterocycles. The maximum Gasteiger partial charge on any atom is 0.239 e. The Morgan fingerprint density at radius 3 is 2.15 bits per heavy atom. The first-order chi connectivity index (χ1) is 9.49. The van der Waals surface area contributed by atoms with E-state index in [1.54, 1.807) is 0 Å². The van der Waals surface area contributed by atoms with E-state index in [4.69, 9.17) is 0 Å². The molecule has 0 radical (unpaired) electrons. The zero-order chi connectivity index (χ0) is 15.1. The van der Waals surface area contributed by atoms with Crippen LogP contribution < -0.4 is 10.2 Å². The lowest BCUT2D eigenvalue weighted by atomic mass is 10.2. The second-order valence-corrected chi connectivity index (χ2v) is 5.17. The molecule has 20 heavy (non-hydrogen) atoms. The largest absolute Gasteiger partial charge is 0.378 e. The minimum Gasteiger partial charge on any atom is -0.378 e. The third-order valence-corrected chi connectivity index (χ3v) is 3.51. The Labute approximate surface area is 122 Å². The normalized spacial score (nSPS) is 12.1. The maximum atomic E-state index is 12.1. The van der Waals surface area contributed by atoms with Gasteiger partial charge in [-0.2, -0.15) is 0 Å². The summed E-state index contributed by atoms with van der Waals surface area (Å²) >= 11 is 0. The summed E-state index contributed by atoms with van der Waals surface area (Å²) in [4.78, 5) is 16.1. The van der Waals surface area contributed by atoms with Crippen molar-refractivity contribution in [2.24, 2.45) is 0 Å². The number of anilines is 1. The van der Waals surface area contributed by atoms with Crippen LogP contribution in [0.25, 0.3) is 0 Å². The van der Waals surface area contributed by atoms with Gasteiger partial charge in [0.15, 0.2) is 0 Å². The standard InChI is InChI=1S/C16H27N3O/c1-6-19(7-2)16(20)13(3)17-12-14-8-10-15(11-9-14)18(4)5/h8-11,13,17H,6-7,12H2,1-5H3. The van der Waals surface area contributed by atoms with Crippen molar-refractivity contribution in [1.82, 2.24) is 10.2 Å². The Balaban J connectivity index is 2.52. The van der Waals surface area contributed by atoms with E-state index in [0.717, 1.165) is 13.1 Å². The smallest absolute Gasteiger partial charge is 0.239 e. The van der Waals surface area contributed by atoms with Crippen molar-refractivity contribution in [2.45, 2.75) is 33.4 Å². The lowest BCUT2D eigenvalue weighted by Gasteiger charge is -2.23. The van der Waals surface area contributed by atoms with Crippen molar-refractivity contribution in [2.75, 3.05) is 32.1 Å². The molecule has 0 aliphatic heterocycles. The molecule has 0 saturated heterocycles. The van der Waals surface area contributed by atoms with E-state index < -0.39 is 0 Å². The van der Waals surface area contributed by atoms with Crippen molar-refractivity contribution in [3.63, 3.8) is 0 Å². The fraction of sp³-hybridized carbons (Fsp3) is 0.562. The van der Waals surface area contributed by atoms with Gasteiger partial charge in [0.05, 0.1) is 6.04 Å². The minimum absolute atomic E-state index is 0.150. The van der Waals surface area contributed by atoms with E-state index in [1.807, 2.05) is 39.8 Å². The second kappa shape index (κ2) is 7.90. The summed E-state index contributed by atoms with van der Waals surface area (Å²) in [6.45, 7) is 8.18. The van der Waals surface area contributed by atoms with Crippen LogP contribution in [-0.2, 0) is 11.3 Å². The number of benzene rings is 1. The van der Waals surface area contributed by atoms with Gasteiger partial charge in [-0.25, -0.2) is 0 Å². The van der Waals surface area contributed by atoms with Crippen LogP contribution in [0.3, 0.4) is 0 Å². The molecule has 0 saturated carbocycles. The predicted octanol–water partition coefficient (Wildman–Crippen LogP) is 2.10. The summed E-state index contributed by atoms with van der Waals surface area (Å²) in [6.07, 6.45) is 0. The van der Waals surface area contributed by atoms with Crippen LogP contribution in [0.4, 0.5) is 5.69 Å². The zero-order valence-corrected chi connectivity index (χ0v) is 13.3. The van der Waals surface area contributed by atoms with E-state index in [0.29, 0.717) is 6.54 Å². The number of nitrogens with one attached hydrogen (secondary N) is 1. The number of carbonyl (C=O) groups is 1. The summed E-state index contributed by atoms with van der Waals surface area (Å²) in [6, 6.07) is 8.22. The van der Waals surface area contributed by atoms with Gasteiger partial charge >= 0.3 is 0 Å². The molecule has 4 nitrogen and oxygen atoms in total. The maximum absolute atomic E-state index is 12.1. The number of amides is 1. The highest BCUT2D eigenvalue weighted by molar-refractivity contribution is 5.81. The Morgan fingerprint density at radius 1 is 1.15 bits per heavy atom. The summed E-state index contributed by atoms with van der Waals surface area (Å²) in [7, 11) is 4.05. The van der Waals surface area contributed by atoms with Crippen molar-refractivity contribution in [1.29, 1.82) is 0 Å². The van der Waals surface area contributed by atoms with Crippen molar-refractivity contribution in [3.05, 3.63) is 29.8 Å². The highest BCUT2D eigenvalue weighted by atomic mass is 16.2. The summed E-state index contributed by atoms with van der Waals surface area (Å²) in [5, 5.41) is 3.29. The fourth-order valence-corrected chi connectivity index (χ4v) is 2.08. The Bertz CT molecular complexity index is 410. The van der Waals surface area contributed by atoms with E-state index in [-0.39, 0.29) is 11.9 Å². The first-order valence-corrected chi connectivity index (χ1v) is 7.28. The van der Waals surface area contributed by atoms with Crippen LogP contribution in [-0.4, -0.2) is 44.0 Å². The molecule has 0 spiro atoms. The molecule has 1 atom stereocenters. The van der Waals surface area contributed by atoms with Gasteiger partial charge in [-0.3, -0.25) is 4.79 Å². The van der Waals surface area contributed by atoms with Gasteiger partial charge < -0.3 is 15.1 Å². The average Bonchev–Trinajstić information content (AvgIpc) is 2.46. The first kappa shape index (κ1) is 16.5. The van der Waals surface area contributed by atoms with Gasteiger partial charge in [-0.05, 0) is 38.5 Å². The van der Waals surface area contributed by atoms with Gasteiger partial charge in [0, 0.05) is 39.4 Å². The number of likely N-dealkylation sites (N-methyl/N-ethyl adjacent to an activating group) is 1. The van der Waals surface area contributed by atoms with Crippen molar-refractivity contribution >= 4 is 11.6 Å². The molecular weight excluding hydrogens is 250 g/mol. The van der Waals surface area contributed by atoms with Crippen LogP contribution in [0.1, 0.15) is 26.3 Å². The predicted molar refractivity (Wildman–Crippen MR) is 85.0 cm³/mol. The molecule has 1 amide bonds. The Hall–Kier alpha value is -1.55.